The van der Waals surface area contributed by atoms with Gasteiger partial charge >= 0.3 is 0 Å². The van der Waals surface area contributed by atoms with Crippen LogP contribution in [0.15, 0.2) is 0 Å². The van der Waals surface area contributed by atoms with E-state index in [0.717, 1.165) is 44.9 Å². The molecule has 3 fully saturated rings. The highest BCUT2D eigenvalue weighted by atomic mass is 16.5. The molecule has 3 aliphatic rings. The van der Waals surface area contributed by atoms with Gasteiger partial charge in [0.25, 0.3) is 0 Å². The molecule has 0 aromatic carbocycles. The number of aliphatic hydroxyl groups excluding tert-OH is 1. The van der Waals surface area contributed by atoms with E-state index in [2.05, 4.69) is 11.8 Å². The largest absolute Gasteiger partial charge is 0.392 e. The van der Waals surface area contributed by atoms with E-state index >= 15 is 0 Å². The van der Waals surface area contributed by atoms with E-state index in [9.17, 15) is 5.11 Å². The molecule has 2 saturated carbocycles. The minimum absolute atomic E-state index is 0.103. The molecule has 0 aromatic rings. The maximum absolute atomic E-state index is 10.1. The Labute approximate surface area is 110 Å². The highest BCUT2D eigenvalue weighted by Crippen LogP contribution is 2.51. The average molecular weight is 253 g/mol. The second kappa shape index (κ2) is 5.10. The zero-order valence-electron chi connectivity index (χ0n) is 11.6. The lowest BCUT2D eigenvalue weighted by atomic mass is 9.58. The van der Waals surface area contributed by atoms with Gasteiger partial charge in [-0.2, -0.15) is 0 Å². The van der Waals surface area contributed by atoms with Crippen molar-refractivity contribution in [2.45, 2.75) is 57.7 Å². The molecular formula is C15H27NO2. The second-order valence-electron chi connectivity index (χ2n) is 6.53. The molecule has 1 heterocycles. The molecule has 0 aromatic heterocycles. The Kier molecular flexibility index (Phi) is 3.65. The van der Waals surface area contributed by atoms with Crippen molar-refractivity contribution in [3.05, 3.63) is 0 Å². The van der Waals surface area contributed by atoms with Crippen molar-refractivity contribution in [3.8, 4) is 0 Å². The van der Waals surface area contributed by atoms with Crippen molar-refractivity contribution in [2.75, 3.05) is 26.2 Å². The first-order valence-electron chi connectivity index (χ1n) is 7.76. The first-order chi connectivity index (χ1) is 8.74. The maximum atomic E-state index is 10.1. The molecule has 104 valence electrons. The molecule has 0 radical (unpaired) electrons. The molecule has 2 aliphatic carbocycles. The molecule has 0 amide bonds. The maximum Gasteiger partial charge on any atom is 0.0681 e. The third kappa shape index (κ3) is 2.10. The first-order valence-corrected chi connectivity index (χ1v) is 7.76. The van der Waals surface area contributed by atoms with Crippen LogP contribution >= 0.6 is 0 Å². The van der Waals surface area contributed by atoms with Crippen LogP contribution < -0.4 is 0 Å². The Morgan fingerprint density at radius 1 is 1.28 bits per heavy atom. The van der Waals surface area contributed by atoms with Gasteiger partial charge < -0.3 is 14.7 Å². The fraction of sp³-hybridized carbons (Fsp3) is 1.00. The Bertz CT molecular complexity index is 280. The zero-order chi connectivity index (χ0) is 12.6. The van der Waals surface area contributed by atoms with Crippen molar-refractivity contribution < 1.29 is 9.84 Å². The summed E-state index contributed by atoms with van der Waals surface area (Å²) in [5.74, 6) is 0.966. The van der Waals surface area contributed by atoms with Crippen LogP contribution in [0, 0.1) is 11.3 Å². The third-order valence-corrected chi connectivity index (χ3v) is 5.64. The quantitative estimate of drug-likeness (QED) is 0.832. The summed E-state index contributed by atoms with van der Waals surface area (Å²) in [6, 6.07) is 0. The van der Waals surface area contributed by atoms with Gasteiger partial charge in [-0.05, 0) is 51.6 Å². The molecule has 1 aliphatic heterocycles. The van der Waals surface area contributed by atoms with Gasteiger partial charge in [0.1, 0.15) is 0 Å². The molecule has 3 heteroatoms. The van der Waals surface area contributed by atoms with Gasteiger partial charge in [-0.3, -0.25) is 0 Å². The summed E-state index contributed by atoms with van der Waals surface area (Å²) in [5, 5.41) is 10.1. The summed E-state index contributed by atoms with van der Waals surface area (Å²) < 4.78 is 5.81. The molecule has 2 unspecified atom stereocenters. The van der Waals surface area contributed by atoms with Gasteiger partial charge in [0, 0.05) is 25.0 Å². The van der Waals surface area contributed by atoms with E-state index in [1.165, 1.54) is 25.8 Å². The van der Waals surface area contributed by atoms with Crippen LogP contribution in [0.3, 0.4) is 0 Å². The fourth-order valence-electron chi connectivity index (χ4n) is 4.01. The molecule has 3 rings (SSSR count). The number of rotatable bonds is 4. The SMILES string of the molecule is CCOC1CC(O)C12CCN(CC1CCC1)CC2. The number of ether oxygens (including phenoxy) is 1. The smallest absolute Gasteiger partial charge is 0.0681 e. The predicted octanol–water partition coefficient (Wildman–Crippen LogP) is 2.04. The second-order valence-corrected chi connectivity index (χ2v) is 6.53. The highest BCUT2D eigenvalue weighted by Gasteiger charge is 2.55. The van der Waals surface area contributed by atoms with Gasteiger partial charge in [-0.1, -0.05) is 6.42 Å². The minimum Gasteiger partial charge on any atom is -0.392 e. The molecular weight excluding hydrogens is 226 g/mol. The molecule has 1 N–H and O–H groups in total. The van der Waals surface area contributed by atoms with Gasteiger partial charge in [0.15, 0.2) is 0 Å². The van der Waals surface area contributed by atoms with E-state index in [4.69, 9.17) is 4.74 Å². The topological polar surface area (TPSA) is 32.7 Å². The number of hydrogen-bond acceptors (Lipinski definition) is 3. The van der Waals surface area contributed by atoms with Crippen LogP contribution in [-0.4, -0.2) is 48.5 Å². The van der Waals surface area contributed by atoms with Crippen LogP contribution in [0.25, 0.3) is 0 Å². The van der Waals surface area contributed by atoms with Crippen molar-refractivity contribution in [1.29, 1.82) is 0 Å². The van der Waals surface area contributed by atoms with Crippen molar-refractivity contribution in [2.24, 2.45) is 11.3 Å². The molecule has 18 heavy (non-hydrogen) atoms. The lowest BCUT2D eigenvalue weighted by Crippen LogP contribution is -2.62. The van der Waals surface area contributed by atoms with E-state index in [1.54, 1.807) is 0 Å². The van der Waals surface area contributed by atoms with Crippen LogP contribution in [-0.2, 0) is 4.74 Å². The Balaban J connectivity index is 1.51. The molecule has 1 spiro atoms. The predicted molar refractivity (Wildman–Crippen MR) is 71.5 cm³/mol. The monoisotopic (exact) mass is 253 g/mol. The Morgan fingerprint density at radius 3 is 2.50 bits per heavy atom. The standard InChI is InChI=1S/C15H27NO2/c1-2-18-14-10-13(17)15(14)6-8-16(9-7-15)11-12-4-3-5-12/h12-14,17H,2-11H2,1H3. The van der Waals surface area contributed by atoms with E-state index < -0.39 is 0 Å². The number of piperidine rings is 1. The van der Waals surface area contributed by atoms with Gasteiger partial charge in [0.05, 0.1) is 12.2 Å². The average Bonchev–Trinajstić information content (AvgIpc) is 2.34. The highest BCUT2D eigenvalue weighted by molar-refractivity contribution is 5.06. The number of aliphatic hydroxyl groups is 1. The molecule has 1 saturated heterocycles. The molecule has 2 atom stereocenters. The third-order valence-electron chi connectivity index (χ3n) is 5.64. The summed E-state index contributed by atoms with van der Waals surface area (Å²) in [5.41, 5.74) is 0.103. The van der Waals surface area contributed by atoms with E-state index in [1.807, 2.05) is 0 Å². The summed E-state index contributed by atoms with van der Waals surface area (Å²) >= 11 is 0. The Morgan fingerprint density at radius 2 is 2.00 bits per heavy atom. The summed E-state index contributed by atoms with van der Waals surface area (Å²) in [6.45, 7) is 6.47. The lowest BCUT2D eigenvalue weighted by molar-refractivity contribution is -0.210. The van der Waals surface area contributed by atoms with Crippen LogP contribution in [0.2, 0.25) is 0 Å². The van der Waals surface area contributed by atoms with Crippen molar-refractivity contribution in [3.63, 3.8) is 0 Å². The fourth-order valence-corrected chi connectivity index (χ4v) is 4.01. The zero-order valence-corrected chi connectivity index (χ0v) is 11.6. The van der Waals surface area contributed by atoms with E-state index in [0.29, 0.717) is 6.10 Å². The van der Waals surface area contributed by atoms with Gasteiger partial charge in [-0.15, -0.1) is 0 Å². The number of nitrogens with zero attached hydrogens (tertiary/aromatic N) is 1. The lowest BCUT2D eigenvalue weighted by Gasteiger charge is -2.57. The number of likely N-dealkylation sites (tertiary alicyclic amines) is 1. The van der Waals surface area contributed by atoms with Crippen molar-refractivity contribution >= 4 is 0 Å². The van der Waals surface area contributed by atoms with Gasteiger partial charge in [0.2, 0.25) is 0 Å². The van der Waals surface area contributed by atoms with E-state index in [-0.39, 0.29) is 11.5 Å². The molecule has 3 nitrogen and oxygen atoms in total. The summed E-state index contributed by atoms with van der Waals surface area (Å²) in [6.07, 6.45) is 7.64. The summed E-state index contributed by atoms with van der Waals surface area (Å²) in [7, 11) is 0. The van der Waals surface area contributed by atoms with Gasteiger partial charge in [-0.25, -0.2) is 0 Å². The number of hydrogen-bond donors (Lipinski definition) is 1. The van der Waals surface area contributed by atoms with Crippen molar-refractivity contribution in [1.82, 2.24) is 4.90 Å². The van der Waals surface area contributed by atoms with Crippen LogP contribution in [0.4, 0.5) is 0 Å². The minimum atomic E-state index is -0.111. The molecule has 0 bridgehead atoms. The Hall–Kier alpha value is -0.120. The van der Waals surface area contributed by atoms with Crippen LogP contribution in [0.5, 0.6) is 0 Å². The first kappa shape index (κ1) is 12.9. The summed E-state index contributed by atoms with van der Waals surface area (Å²) in [4.78, 5) is 2.61. The van der Waals surface area contributed by atoms with Crippen LogP contribution in [0.1, 0.15) is 45.4 Å². The normalized spacial score (nSPS) is 36.3.